The van der Waals surface area contributed by atoms with Gasteiger partial charge in [0, 0.05) is 22.0 Å². The molecule has 0 aliphatic heterocycles. The highest BCUT2D eigenvalue weighted by molar-refractivity contribution is 8.00. The van der Waals surface area contributed by atoms with Crippen molar-refractivity contribution in [2.75, 3.05) is 24.4 Å². The van der Waals surface area contributed by atoms with Gasteiger partial charge >= 0.3 is 0 Å². The average Bonchev–Trinajstić information content (AvgIpc) is 2.96. The van der Waals surface area contributed by atoms with E-state index in [9.17, 15) is 9.59 Å². The zero-order chi connectivity index (χ0) is 26.9. The van der Waals surface area contributed by atoms with E-state index >= 15 is 0 Å². The molecule has 7 heteroatoms. The molecule has 4 aromatic carbocycles. The van der Waals surface area contributed by atoms with Crippen LogP contribution in [0, 0.1) is 0 Å². The summed E-state index contributed by atoms with van der Waals surface area (Å²) in [6, 6.07) is 32.0. The summed E-state index contributed by atoms with van der Waals surface area (Å²) in [4.78, 5) is 29.6. The minimum atomic E-state index is -0.344. The van der Waals surface area contributed by atoms with Crippen molar-refractivity contribution in [3.8, 4) is 11.5 Å². The number of amides is 2. The number of ether oxygens (including phenoxy) is 2. The van der Waals surface area contributed by atoms with E-state index in [1.54, 1.807) is 23.1 Å². The second kappa shape index (κ2) is 12.8. The lowest BCUT2D eigenvalue weighted by Crippen LogP contribution is -2.34. The van der Waals surface area contributed by atoms with Crippen molar-refractivity contribution in [2.45, 2.75) is 23.5 Å². The largest absolute Gasteiger partial charge is 0.496 e. The van der Waals surface area contributed by atoms with Gasteiger partial charge in [0.15, 0.2) is 0 Å². The minimum absolute atomic E-state index is 0.0110. The molecule has 0 spiro atoms. The first kappa shape index (κ1) is 26.8. The molecule has 1 atom stereocenters. The van der Waals surface area contributed by atoms with Crippen LogP contribution < -0.4 is 19.7 Å². The van der Waals surface area contributed by atoms with Gasteiger partial charge in [-0.05, 0) is 61.0 Å². The van der Waals surface area contributed by atoms with Crippen LogP contribution in [0.4, 0.5) is 17.1 Å². The number of hydrogen-bond donors (Lipinski definition) is 1. The normalized spacial score (nSPS) is 11.3. The van der Waals surface area contributed by atoms with Crippen LogP contribution >= 0.6 is 11.8 Å². The molecule has 38 heavy (non-hydrogen) atoms. The predicted octanol–water partition coefficient (Wildman–Crippen LogP) is 7.19. The van der Waals surface area contributed by atoms with Crippen molar-refractivity contribution < 1.29 is 19.1 Å². The van der Waals surface area contributed by atoms with Crippen LogP contribution in [0.5, 0.6) is 11.5 Å². The van der Waals surface area contributed by atoms with Gasteiger partial charge in [-0.25, -0.2) is 0 Å². The maximum Gasteiger partial charge on any atom is 0.263 e. The number of para-hydroxylation sites is 2. The molecule has 0 aliphatic carbocycles. The fourth-order valence-corrected chi connectivity index (χ4v) is 5.14. The smallest absolute Gasteiger partial charge is 0.263 e. The highest BCUT2D eigenvalue weighted by Gasteiger charge is 2.27. The summed E-state index contributed by atoms with van der Waals surface area (Å²) < 4.78 is 10.7. The van der Waals surface area contributed by atoms with E-state index in [2.05, 4.69) is 5.32 Å². The topological polar surface area (TPSA) is 67.9 Å². The van der Waals surface area contributed by atoms with E-state index in [-0.39, 0.29) is 17.1 Å². The lowest BCUT2D eigenvalue weighted by atomic mass is 10.1. The van der Waals surface area contributed by atoms with Crippen LogP contribution in [0.3, 0.4) is 0 Å². The second-order valence-corrected chi connectivity index (χ2v) is 9.66. The van der Waals surface area contributed by atoms with E-state index in [0.29, 0.717) is 29.2 Å². The predicted molar refractivity (Wildman–Crippen MR) is 154 cm³/mol. The Hall–Kier alpha value is -4.23. The number of benzene rings is 4. The fourth-order valence-electron chi connectivity index (χ4n) is 4.09. The number of hydrogen-bond acceptors (Lipinski definition) is 5. The Morgan fingerprint density at radius 1 is 0.789 bits per heavy atom. The summed E-state index contributed by atoms with van der Waals surface area (Å²) in [5, 5.41) is 2.60. The number of rotatable bonds is 10. The van der Waals surface area contributed by atoms with Crippen LogP contribution in [0.1, 0.15) is 23.7 Å². The van der Waals surface area contributed by atoms with Gasteiger partial charge in [0.05, 0.1) is 19.5 Å². The summed E-state index contributed by atoms with van der Waals surface area (Å²) in [7, 11) is 3.03. The summed E-state index contributed by atoms with van der Waals surface area (Å²) >= 11 is 1.47. The summed E-state index contributed by atoms with van der Waals surface area (Å²) in [5.74, 6) is 0.490. The molecule has 1 N–H and O–H groups in total. The van der Waals surface area contributed by atoms with E-state index in [1.807, 2.05) is 91.9 Å². The number of nitrogens with one attached hydrogen (secondary N) is 1. The molecule has 1 unspecified atom stereocenters. The molecule has 0 radical (unpaired) electrons. The number of anilines is 3. The quantitative estimate of drug-likeness (QED) is 0.222. The molecule has 6 nitrogen and oxygen atoms in total. The molecule has 0 saturated heterocycles. The molecular weight excluding hydrogens is 496 g/mol. The van der Waals surface area contributed by atoms with Gasteiger partial charge in [-0.2, -0.15) is 0 Å². The molecule has 0 heterocycles. The van der Waals surface area contributed by atoms with Gasteiger partial charge in [-0.15, -0.1) is 11.8 Å². The van der Waals surface area contributed by atoms with Crippen LogP contribution in [0.25, 0.3) is 0 Å². The fraction of sp³-hybridized carbons (Fsp3) is 0.161. The van der Waals surface area contributed by atoms with Crippen molar-refractivity contribution in [2.24, 2.45) is 0 Å². The molecule has 0 bridgehead atoms. The van der Waals surface area contributed by atoms with Gasteiger partial charge in [0.25, 0.3) is 5.91 Å². The maximum absolute atomic E-state index is 13.9. The Bertz CT molecular complexity index is 1320. The number of methoxy groups -OCH3 is 2. The summed E-state index contributed by atoms with van der Waals surface area (Å²) in [6.45, 7) is 2.00. The van der Waals surface area contributed by atoms with E-state index < -0.39 is 0 Å². The van der Waals surface area contributed by atoms with Gasteiger partial charge in [0.1, 0.15) is 17.1 Å². The third-order valence-corrected chi connectivity index (χ3v) is 7.27. The van der Waals surface area contributed by atoms with Crippen LogP contribution in [0.15, 0.2) is 108 Å². The maximum atomic E-state index is 13.9. The molecule has 0 fully saturated rings. The van der Waals surface area contributed by atoms with Crippen molar-refractivity contribution in [3.05, 3.63) is 109 Å². The Morgan fingerprint density at radius 2 is 1.34 bits per heavy atom. The number of carbonyl (C=O) groups excluding carboxylic acids is 2. The number of carbonyl (C=O) groups is 2. The van der Waals surface area contributed by atoms with Gasteiger partial charge in [-0.3, -0.25) is 14.5 Å². The summed E-state index contributed by atoms with van der Waals surface area (Å²) in [5.41, 5.74) is 2.56. The molecule has 0 aliphatic rings. The number of nitrogens with zero attached hydrogens (tertiary/aromatic N) is 1. The van der Waals surface area contributed by atoms with Gasteiger partial charge in [-0.1, -0.05) is 55.5 Å². The summed E-state index contributed by atoms with van der Waals surface area (Å²) in [6.07, 6.45) is 0.634. The second-order valence-electron chi connectivity index (χ2n) is 8.38. The van der Waals surface area contributed by atoms with Crippen LogP contribution in [0.2, 0.25) is 0 Å². The molecular formula is C31H30N2O4S. The Balaban J connectivity index is 1.56. The first-order chi connectivity index (χ1) is 18.5. The van der Waals surface area contributed by atoms with Crippen molar-refractivity contribution >= 4 is 40.6 Å². The molecule has 0 aromatic heterocycles. The Morgan fingerprint density at radius 3 is 1.87 bits per heavy atom. The van der Waals surface area contributed by atoms with Crippen LogP contribution in [-0.2, 0) is 4.79 Å². The molecule has 2 amide bonds. The van der Waals surface area contributed by atoms with Crippen LogP contribution in [-0.4, -0.2) is 31.3 Å². The van der Waals surface area contributed by atoms with E-state index in [4.69, 9.17) is 9.47 Å². The zero-order valence-electron chi connectivity index (χ0n) is 21.6. The third kappa shape index (κ3) is 6.18. The lowest BCUT2D eigenvalue weighted by Gasteiger charge is -2.27. The molecule has 0 saturated carbocycles. The van der Waals surface area contributed by atoms with Crippen molar-refractivity contribution in [1.29, 1.82) is 0 Å². The minimum Gasteiger partial charge on any atom is -0.496 e. The Labute approximate surface area is 227 Å². The molecule has 4 rings (SSSR count). The van der Waals surface area contributed by atoms with Gasteiger partial charge < -0.3 is 14.8 Å². The SMILES string of the molecule is CCC(Sc1cccc(NC(=O)c2c(OC)cccc2OC)c1)C(=O)N(c1ccccc1)c1ccccc1. The molecule has 4 aromatic rings. The first-order valence-electron chi connectivity index (χ1n) is 12.3. The average molecular weight is 527 g/mol. The van der Waals surface area contributed by atoms with Crippen molar-refractivity contribution in [3.63, 3.8) is 0 Å². The van der Waals surface area contributed by atoms with Gasteiger partial charge in [0.2, 0.25) is 5.91 Å². The number of thioether (sulfide) groups is 1. The highest BCUT2D eigenvalue weighted by atomic mass is 32.2. The van der Waals surface area contributed by atoms with Crippen molar-refractivity contribution in [1.82, 2.24) is 0 Å². The lowest BCUT2D eigenvalue weighted by molar-refractivity contribution is -0.117. The highest BCUT2D eigenvalue weighted by Crippen LogP contribution is 2.34. The molecule has 194 valence electrons. The standard InChI is InChI=1S/C31H30N2O4S/c1-4-28(31(35)33(23-14-7-5-8-15-23)24-16-9-6-10-17-24)38-25-18-11-13-22(21-25)32-30(34)29-26(36-2)19-12-20-27(29)37-3/h5-21,28H,4H2,1-3H3,(H,32,34). The third-order valence-electron chi connectivity index (χ3n) is 5.92. The van der Waals surface area contributed by atoms with E-state index in [1.165, 1.54) is 26.0 Å². The first-order valence-corrected chi connectivity index (χ1v) is 13.2. The zero-order valence-corrected chi connectivity index (χ0v) is 22.4. The Kier molecular flexibility index (Phi) is 9.06. The van der Waals surface area contributed by atoms with E-state index in [0.717, 1.165) is 16.3 Å². The monoisotopic (exact) mass is 526 g/mol.